The largest absolute Gasteiger partial charge is 0.497 e. The van der Waals surface area contributed by atoms with Gasteiger partial charge in [-0.1, -0.05) is 6.07 Å². The van der Waals surface area contributed by atoms with Gasteiger partial charge in [-0.15, -0.1) is 0 Å². The highest BCUT2D eigenvalue weighted by Gasteiger charge is 2.62. The van der Waals surface area contributed by atoms with E-state index >= 15 is 4.79 Å². The van der Waals surface area contributed by atoms with Crippen molar-refractivity contribution in [2.24, 2.45) is 0 Å². The standard InChI is InChI=1S/C32H31N5O6S/c1-34-20-22-7-13-29(42-3)26(18-22)32(36-15-4-5-28(36)30-35-14-16-43-30)25-17-21(19-33)6-12-27(25)37(31(32)38)44(39,40)24-10-8-23(41-2)9-11-24/h6-14,16-18,28,34H,4-5,15,20H2,1-3H3/t28-,32?/m0/s1. The van der Waals surface area contributed by atoms with Gasteiger partial charge in [-0.25, -0.2) is 17.7 Å². The number of fused-ring (bicyclic) bond motifs is 1. The van der Waals surface area contributed by atoms with Gasteiger partial charge in [0.1, 0.15) is 17.8 Å². The van der Waals surface area contributed by atoms with Crippen LogP contribution in [0.25, 0.3) is 0 Å². The number of ether oxygens (including phenoxy) is 2. The maximum atomic E-state index is 15.3. The molecule has 226 valence electrons. The number of rotatable bonds is 9. The van der Waals surface area contributed by atoms with Crippen molar-refractivity contribution in [3.8, 4) is 17.6 Å². The van der Waals surface area contributed by atoms with Crippen molar-refractivity contribution >= 4 is 21.6 Å². The first-order valence-electron chi connectivity index (χ1n) is 14.1. The van der Waals surface area contributed by atoms with Crippen LogP contribution in [0.15, 0.2) is 82.4 Å². The minimum Gasteiger partial charge on any atom is -0.497 e. The highest BCUT2D eigenvalue weighted by molar-refractivity contribution is 7.93. The SMILES string of the molecule is CNCc1ccc(OC)c(C2(N3CCC[C@H]3c3ncco3)C(=O)N(S(=O)(=O)c3ccc(OC)cc3)c3ccc(C#N)cc32)c1. The van der Waals surface area contributed by atoms with E-state index in [2.05, 4.69) is 16.4 Å². The Morgan fingerprint density at radius 2 is 1.89 bits per heavy atom. The van der Waals surface area contributed by atoms with Crippen LogP contribution >= 0.6 is 0 Å². The summed E-state index contributed by atoms with van der Waals surface area (Å²) in [7, 11) is 0.376. The van der Waals surface area contributed by atoms with Gasteiger partial charge in [0.25, 0.3) is 15.9 Å². The molecule has 11 nitrogen and oxygen atoms in total. The number of aromatic nitrogens is 1. The van der Waals surface area contributed by atoms with Crippen LogP contribution < -0.4 is 19.1 Å². The molecule has 4 aromatic rings. The molecular weight excluding hydrogens is 582 g/mol. The van der Waals surface area contributed by atoms with E-state index in [1.165, 1.54) is 56.9 Å². The summed E-state index contributed by atoms with van der Waals surface area (Å²) in [5.41, 5.74) is 0.395. The number of hydrogen-bond acceptors (Lipinski definition) is 10. The summed E-state index contributed by atoms with van der Waals surface area (Å²) in [5, 5.41) is 13.1. The Hall–Kier alpha value is -4.70. The van der Waals surface area contributed by atoms with Gasteiger partial charge in [0.2, 0.25) is 5.89 Å². The Balaban J connectivity index is 1.69. The minimum atomic E-state index is -4.44. The van der Waals surface area contributed by atoms with Crippen LogP contribution in [0.5, 0.6) is 11.5 Å². The quantitative estimate of drug-likeness (QED) is 0.294. The lowest BCUT2D eigenvalue weighted by Crippen LogP contribution is -2.54. The molecule has 0 saturated carbocycles. The first kappa shape index (κ1) is 29.4. The number of carbonyl (C=O) groups excluding carboxylic acids is 1. The number of nitriles is 1. The number of carbonyl (C=O) groups is 1. The number of amides is 1. The van der Waals surface area contributed by atoms with E-state index in [9.17, 15) is 13.7 Å². The number of hydrogen-bond donors (Lipinski definition) is 1. The van der Waals surface area contributed by atoms with Crippen molar-refractivity contribution in [2.45, 2.75) is 35.9 Å². The van der Waals surface area contributed by atoms with Gasteiger partial charge in [-0.2, -0.15) is 5.26 Å². The fourth-order valence-electron chi connectivity index (χ4n) is 6.40. The third-order valence-electron chi connectivity index (χ3n) is 8.28. The van der Waals surface area contributed by atoms with Crippen LogP contribution in [0.3, 0.4) is 0 Å². The van der Waals surface area contributed by atoms with Crippen molar-refractivity contribution in [2.75, 3.05) is 32.1 Å². The van der Waals surface area contributed by atoms with Gasteiger partial charge in [0, 0.05) is 24.2 Å². The van der Waals surface area contributed by atoms with Crippen molar-refractivity contribution in [1.29, 1.82) is 5.26 Å². The van der Waals surface area contributed by atoms with Crippen LogP contribution in [0.1, 0.15) is 47.0 Å². The zero-order valence-corrected chi connectivity index (χ0v) is 25.3. The van der Waals surface area contributed by atoms with Crippen molar-refractivity contribution < 1.29 is 27.1 Å². The third kappa shape index (κ3) is 4.43. The molecule has 3 heterocycles. The molecule has 0 radical (unpaired) electrons. The fourth-order valence-corrected chi connectivity index (χ4v) is 7.86. The number of nitrogens with one attached hydrogen (secondary N) is 1. The second-order valence-electron chi connectivity index (χ2n) is 10.6. The second-order valence-corrected chi connectivity index (χ2v) is 12.4. The maximum absolute atomic E-state index is 15.3. The van der Waals surface area contributed by atoms with E-state index in [1.807, 2.05) is 24.1 Å². The summed E-state index contributed by atoms with van der Waals surface area (Å²) in [6.45, 7) is 0.911. The maximum Gasteiger partial charge on any atom is 0.271 e. The van der Waals surface area contributed by atoms with E-state index in [4.69, 9.17) is 13.9 Å². The summed E-state index contributed by atoms with van der Waals surface area (Å²) in [6.07, 6.45) is 4.34. The number of nitrogens with zero attached hydrogens (tertiary/aromatic N) is 4. The molecule has 2 aliphatic heterocycles. The zero-order valence-electron chi connectivity index (χ0n) is 24.5. The molecule has 0 bridgehead atoms. The van der Waals surface area contributed by atoms with Crippen LogP contribution in [-0.4, -0.2) is 52.0 Å². The summed E-state index contributed by atoms with van der Waals surface area (Å²) in [4.78, 5) is 21.6. The monoisotopic (exact) mass is 613 g/mol. The van der Waals surface area contributed by atoms with Gasteiger partial charge < -0.3 is 19.2 Å². The predicted molar refractivity (Wildman–Crippen MR) is 161 cm³/mol. The first-order valence-corrected chi connectivity index (χ1v) is 15.5. The van der Waals surface area contributed by atoms with Crippen LogP contribution in [-0.2, 0) is 26.9 Å². The van der Waals surface area contributed by atoms with E-state index in [-0.39, 0.29) is 16.1 Å². The average Bonchev–Trinajstić information content (AvgIpc) is 3.80. The average molecular weight is 614 g/mol. The molecule has 0 spiro atoms. The van der Waals surface area contributed by atoms with E-state index in [0.717, 1.165) is 9.87 Å². The summed E-state index contributed by atoms with van der Waals surface area (Å²) in [5.74, 6) is 0.571. The zero-order chi connectivity index (χ0) is 31.1. The molecule has 1 aromatic heterocycles. The summed E-state index contributed by atoms with van der Waals surface area (Å²) >= 11 is 0. The minimum absolute atomic E-state index is 0.0840. The van der Waals surface area contributed by atoms with Crippen molar-refractivity contribution in [3.63, 3.8) is 0 Å². The molecular formula is C32H31N5O6S. The molecule has 1 saturated heterocycles. The number of benzene rings is 3. The third-order valence-corrected chi connectivity index (χ3v) is 9.99. The second kappa shape index (κ2) is 11.4. The highest BCUT2D eigenvalue weighted by Crippen LogP contribution is 2.56. The molecule has 2 aliphatic rings. The lowest BCUT2D eigenvalue weighted by molar-refractivity contribution is -0.127. The number of anilines is 1. The normalized spacial score (nSPS) is 20.0. The fraction of sp³-hybridized carbons (Fsp3) is 0.281. The van der Waals surface area contributed by atoms with Crippen molar-refractivity contribution in [1.82, 2.24) is 15.2 Å². The van der Waals surface area contributed by atoms with Gasteiger partial charge in [-0.3, -0.25) is 9.69 Å². The highest BCUT2D eigenvalue weighted by atomic mass is 32.2. The van der Waals surface area contributed by atoms with Crippen LogP contribution in [0, 0.1) is 11.3 Å². The predicted octanol–water partition coefficient (Wildman–Crippen LogP) is 4.10. The molecule has 3 aromatic carbocycles. The first-order chi connectivity index (χ1) is 21.3. The molecule has 44 heavy (non-hydrogen) atoms. The Kier molecular flexibility index (Phi) is 7.63. The smallest absolute Gasteiger partial charge is 0.271 e. The topological polar surface area (TPSA) is 138 Å². The Bertz CT molecular complexity index is 1850. The van der Waals surface area contributed by atoms with Crippen LogP contribution in [0.4, 0.5) is 5.69 Å². The Morgan fingerprint density at radius 3 is 2.55 bits per heavy atom. The summed E-state index contributed by atoms with van der Waals surface area (Å²) in [6, 6.07) is 17.8. The molecule has 12 heteroatoms. The van der Waals surface area contributed by atoms with Gasteiger partial charge in [0.15, 0.2) is 5.54 Å². The number of oxazole rings is 1. The Labute approximate surface area is 255 Å². The number of sulfonamides is 1. The molecule has 1 unspecified atom stereocenters. The number of methoxy groups -OCH3 is 2. The van der Waals surface area contributed by atoms with Gasteiger partial charge >= 0.3 is 0 Å². The molecule has 2 atom stereocenters. The van der Waals surface area contributed by atoms with E-state index < -0.39 is 27.5 Å². The molecule has 6 rings (SSSR count). The summed E-state index contributed by atoms with van der Waals surface area (Å²) < 4.78 is 46.6. The lowest BCUT2D eigenvalue weighted by atomic mass is 9.79. The van der Waals surface area contributed by atoms with Crippen molar-refractivity contribution in [3.05, 3.63) is 101 Å². The molecule has 1 N–H and O–H groups in total. The molecule has 0 aliphatic carbocycles. The van der Waals surface area contributed by atoms with Gasteiger partial charge in [0.05, 0.1) is 48.7 Å². The molecule has 1 amide bonds. The molecule has 1 fully saturated rings. The Morgan fingerprint density at radius 1 is 1.09 bits per heavy atom. The number of likely N-dealkylation sites (tertiary alicyclic amines) is 1. The van der Waals surface area contributed by atoms with Gasteiger partial charge in [-0.05, 0) is 80.1 Å². The van der Waals surface area contributed by atoms with E-state index in [0.29, 0.717) is 54.4 Å². The van der Waals surface area contributed by atoms with Crippen LogP contribution in [0.2, 0.25) is 0 Å². The van der Waals surface area contributed by atoms with E-state index in [1.54, 1.807) is 18.3 Å². The lowest BCUT2D eigenvalue weighted by Gasteiger charge is -2.41.